The second-order valence-corrected chi connectivity index (χ2v) is 7.65. The number of para-hydroxylation sites is 1. The van der Waals surface area contributed by atoms with E-state index in [1.807, 2.05) is 12.1 Å². The van der Waals surface area contributed by atoms with Crippen molar-refractivity contribution < 1.29 is 4.39 Å². The number of hydrogen-bond acceptors (Lipinski definition) is 4. The van der Waals surface area contributed by atoms with Crippen molar-refractivity contribution in [2.75, 3.05) is 0 Å². The van der Waals surface area contributed by atoms with E-state index in [1.165, 1.54) is 22.4 Å². The van der Waals surface area contributed by atoms with Crippen molar-refractivity contribution >= 4 is 38.6 Å². The number of pyridine rings is 1. The minimum atomic E-state index is -0.298. The molecule has 27 heavy (non-hydrogen) atoms. The highest BCUT2D eigenvalue weighted by Gasteiger charge is 2.14. The molecule has 0 aliphatic rings. The number of halogens is 2. The Bertz CT molecular complexity index is 1180. The van der Waals surface area contributed by atoms with Crippen LogP contribution in [-0.4, -0.2) is 14.5 Å². The number of aromatic nitrogens is 3. The topological polar surface area (TPSA) is 47.8 Å². The number of hydrogen-bond donors (Lipinski definition) is 0. The van der Waals surface area contributed by atoms with Crippen molar-refractivity contribution in [3.05, 3.63) is 93.2 Å². The normalized spacial score (nSPS) is 11.0. The van der Waals surface area contributed by atoms with E-state index in [4.69, 9.17) is 0 Å². The maximum Gasteiger partial charge on any atom is 0.266 e. The molecule has 134 valence electrons. The third kappa shape index (κ3) is 3.65. The summed E-state index contributed by atoms with van der Waals surface area (Å²) in [7, 11) is 0. The van der Waals surface area contributed by atoms with E-state index < -0.39 is 0 Å². The molecule has 0 fully saturated rings. The molecule has 4 rings (SSSR count). The third-order valence-electron chi connectivity index (χ3n) is 4.02. The Morgan fingerprint density at radius 2 is 1.96 bits per heavy atom. The van der Waals surface area contributed by atoms with Gasteiger partial charge in [-0.25, -0.2) is 9.37 Å². The van der Waals surface area contributed by atoms with Crippen LogP contribution >= 0.6 is 27.7 Å². The first-order valence-corrected chi connectivity index (χ1v) is 9.90. The molecule has 0 spiro atoms. The van der Waals surface area contributed by atoms with Crippen LogP contribution < -0.4 is 5.56 Å². The van der Waals surface area contributed by atoms with E-state index >= 15 is 0 Å². The number of rotatable bonds is 4. The monoisotopic (exact) mass is 441 g/mol. The highest BCUT2D eigenvalue weighted by Crippen LogP contribution is 2.26. The van der Waals surface area contributed by atoms with Crippen LogP contribution in [0.3, 0.4) is 0 Å². The van der Waals surface area contributed by atoms with Gasteiger partial charge in [-0.3, -0.25) is 14.3 Å². The average molecular weight is 442 g/mol. The van der Waals surface area contributed by atoms with Gasteiger partial charge in [0.25, 0.3) is 5.56 Å². The lowest BCUT2D eigenvalue weighted by Crippen LogP contribution is -2.21. The van der Waals surface area contributed by atoms with Crippen molar-refractivity contribution in [2.24, 2.45) is 0 Å². The molecule has 0 N–H and O–H groups in total. The molecule has 7 heteroatoms. The van der Waals surface area contributed by atoms with Crippen LogP contribution in [0.25, 0.3) is 16.6 Å². The Labute approximate surface area is 167 Å². The van der Waals surface area contributed by atoms with E-state index in [-0.39, 0.29) is 11.4 Å². The zero-order valence-corrected chi connectivity index (χ0v) is 16.4. The van der Waals surface area contributed by atoms with Crippen molar-refractivity contribution in [1.29, 1.82) is 0 Å². The van der Waals surface area contributed by atoms with Gasteiger partial charge in [0, 0.05) is 16.4 Å². The van der Waals surface area contributed by atoms with Gasteiger partial charge >= 0.3 is 0 Å². The lowest BCUT2D eigenvalue weighted by molar-refractivity contribution is 0.616. The summed E-state index contributed by atoms with van der Waals surface area (Å²) in [5, 5.41) is 1.02. The van der Waals surface area contributed by atoms with Crippen molar-refractivity contribution in [1.82, 2.24) is 14.5 Å². The maximum atomic E-state index is 14.2. The van der Waals surface area contributed by atoms with Crippen LogP contribution in [0.15, 0.2) is 81.4 Å². The van der Waals surface area contributed by atoms with Gasteiger partial charge in [-0.05, 0) is 42.0 Å². The first-order chi connectivity index (χ1) is 13.1. The zero-order valence-electron chi connectivity index (χ0n) is 14.0. The number of thioether (sulfide) groups is 1. The molecule has 0 atom stereocenters. The molecule has 0 amide bonds. The molecule has 2 aromatic heterocycles. The SMILES string of the molecule is O=c1c2ccccc2nc(SCc2ccc(Br)cc2F)n1-c1cccnc1. The highest BCUT2D eigenvalue weighted by atomic mass is 79.9. The summed E-state index contributed by atoms with van der Waals surface area (Å²) in [5.74, 6) is 0.0531. The van der Waals surface area contributed by atoms with Crippen LogP contribution in [0, 0.1) is 5.82 Å². The predicted octanol–water partition coefficient (Wildman–Crippen LogP) is 4.97. The average Bonchev–Trinajstić information content (AvgIpc) is 2.68. The Kier molecular flexibility index (Phi) is 5.05. The second kappa shape index (κ2) is 7.62. The minimum absolute atomic E-state index is 0.174. The molecule has 0 unspecified atom stereocenters. The molecule has 0 saturated carbocycles. The fourth-order valence-corrected chi connectivity index (χ4v) is 4.04. The van der Waals surface area contributed by atoms with E-state index in [2.05, 4.69) is 25.9 Å². The van der Waals surface area contributed by atoms with Gasteiger partial charge in [0.1, 0.15) is 5.82 Å². The first kappa shape index (κ1) is 17.9. The van der Waals surface area contributed by atoms with Crippen LogP contribution in [0.5, 0.6) is 0 Å². The van der Waals surface area contributed by atoms with E-state index in [0.717, 1.165) is 0 Å². The Morgan fingerprint density at radius 3 is 2.74 bits per heavy atom. The summed E-state index contributed by atoms with van der Waals surface area (Å²) in [6, 6.07) is 15.7. The van der Waals surface area contributed by atoms with E-state index in [9.17, 15) is 9.18 Å². The molecule has 0 radical (unpaired) electrons. The van der Waals surface area contributed by atoms with Gasteiger partial charge in [0.2, 0.25) is 0 Å². The van der Waals surface area contributed by atoms with Gasteiger partial charge in [0.15, 0.2) is 5.16 Å². The van der Waals surface area contributed by atoms with Gasteiger partial charge in [-0.1, -0.05) is 45.9 Å². The Morgan fingerprint density at radius 1 is 1.11 bits per heavy atom. The van der Waals surface area contributed by atoms with Gasteiger partial charge in [-0.15, -0.1) is 0 Å². The summed E-state index contributed by atoms with van der Waals surface area (Å²) >= 11 is 4.57. The molecule has 4 nitrogen and oxygen atoms in total. The minimum Gasteiger partial charge on any atom is -0.268 e. The second-order valence-electron chi connectivity index (χ2n) is 5.79. The molecule has 0 aliphatic carbocycles. The smallest absolute Gasteiger partial charge is 0.266 e. The number of fused-ring (bicyclic) bond motifs is 1. The maximum absolute atomic E-state index is 14.2. The summed E-state index contributed by atoms with van der Waals surface area (Å²) in [6.45, 7) is 0. The van der Waals surface area contributed by atoms with Gasteiger partial charge in [-0.2, -0.15) is 0 Å². The molecule has 2 aromatic carbocycles. The fourth-order valence-electron chi connectivity index (χ4n) is 2.70. The third-order valence-corrected chi connectivity index (χ3v) is 5.50. The van der Waals surface area contributed by atoms with Crippen LogP contribution in [0.1, 0.15) is 5.56 Å². The Hall–Kier alpha value is -2.51. The quantitative estimate of drug-likeness (QED) is 0.331. The molecule has 2 heterocycles. The van der Waals surface area contributed by atoms with Crippen molar-refractivity contribution in [3.8, 4) is 5.69 Å². The van der Waals surface area contributed by atoms with Crippen LogP contribution in [-0.2, 0) is 5.75 Å². The van der Waals surface area contributed by atoms with Gasteiger partial charge < -0.3 is 0 Å². The molecule has 0 saturated heterocycles. The molecule has 4 aromatic rings. The van der Waals surface area contributed by atoms with Crippen LogP contribution in [0.2, 0.25) is 0 Å². The highest BCUT2D eigenvalue weighted by molar-refractivity contribution is 9.10. The largest absolute Gasteiger partial charge is 0.268 e. The first-order valence-electron chi connectivity index (χ1n) is 8.12. The predicted molar refractivity (Wildman–Crippen MR) is 109 cm³/mol. The van der Waals surface area contributed by atoms with E-state index in [1.54, 1.807) is 48.8 Å². The molecular formula is C20H13BrFN3OS. The van der Waals surface area contributed by atoms with Crippen molar-refractivity contribution in [2.45, 2.75) is 10.9 Å². The molecule has 0 aliphatic heterocycles. The summed E-state index contributed by atoms with van der Waals surface area (Å²) < 4.78 is 16.4. The fraction of sp³-hybridized carbons (Fsp3) is 0.0500. The molecular weight excluding hydrogens is 429 g/mol. The van der Waals surface area contributed by atoms with E-state index in [0.29, 0.717) is 37.5 Å². The van der Waals surface area contributed by atoms with Crippen molar-refractivity contribution in [3.63, 3.8) is 0 Å². The number of benzene rings is 2. The Balaban J connectivity index is 1.82. The summed E-state index contributed by atoms with van der Waals surface area (Å²) in [6.07, 6.45) is 3.26. The zero-order chi connectivity index (χ0) is 18.8. The van der Waals surface area contributed by atoms with Crippen LogP contribution in [0.4, 0.5) is 4.39 Å². The summed E-state index contributed by atoms with van der Waals surface area (Å²) in [4.78, 5) is 21.8. The lowest BCUT2D eigenvalue weighted by Gasteiger charge is -2.13. The standard InChI is InChI=1S/C20H13BrFN3OS/c21-14-8-7-13(17(22)10-14)12-27-20-24-18-6-2-1-5-16(18)19(26)25(20)15-4-3-9-23-11-15/h1-11H,12H2. The summed E-state index contributed by atoms with van der Waals surface area (Å²) in [5.41, 5.74) is 1.61. The molecule has 0 bridgehead atoms. The lowest BCUT2D eigenvalue weighted by atomic mass is 10.2. The number of nitrogens with zero attached hydrogens (tertiary/aromatic N) is 3. The van der Waals surface area contributed by atoms with Gasteiger partial charge in [0.05, 0.1) is 22.8 Å².